The summed E-state index contributed by atoms with van der Waals surface area (Å²) in [4.78, 5) is 27.1. The van der Waals surface area contributed by atoms with Crippen LogP contribution in [0.15, 0.2) is 18.2 Å². The number of halogens is 2. The molecule has 1 fully saturated rings. The fraction of sp³-hybridized carbons (Fsp3) is 0.529. The molecule has 138 valence electrons. The quantitative estimate of drug-likeness (QED) is 0.693. The Labute approximate surface area is 157 Å². The smallest absolute Gasteiger partial charge is 0.320 e. The normalized spacial score (nSPS) is 17.9. The molecule has 2 rings (SSSR count). The minimum absolute atomic E-state index is 0.0171. The number of carbonyl (C=O) groups excluding carboxylic acids is 1. The minimum atomic E-state index is -0.867. The first-order chi connectivity index (χ1) is 11.9. The molecule has 0 spiro atoms. The Kier molecular flexibility index (Phi) is 7.35. The molecule has 25 heavy (non-hydrogen) atoms. The summed E-state index contributed by atoms with van der Waals surface area (Å²) in [5.74, 6) is -1.00. The fourth-order valence-corrected chi connectivity index (χ4v) is 3.38. The van der Waals surface area contributed by atoms with Crippen LogP contribution in [0.2, 0.25) is 10.0 Å². The van der Waals surface area contributed by atoms with Gasteiger partial charge in [0.05, 0.1) is 13.0 Å². The molecule has 6 nitrogen and oxygen atoms in total. The van der Waals surface area contributed by atoms with Crippen molar-refractivity contribution in [2.24, 2.45) is 5.92 Å². The molecule has 1 aliphatic rings. The maximum atomic E-state index is 12.7. The van der Waals surface area contributed by atoms with E-state index >= 15 is 0 Å². The van der Waals surface area contributed by atoms with Crippen LogP contribution >= 0.6 is 23.2 Å². The van der Waals surface area contributed by atoms with Crippen molar-refractivity contribution in [3.63, 3.8) is 0 Å². The molecule has 0 aromatic heterocycles. The number of rotatable bonds is 8. The largest absolute Gasteiger partial charge is 0.481 e. The van der Waals surface area contributed by atoms with E-state index in [0.717, 1.165) is 5.56 Å². The van der Waals surface area contributed by atoms with E-state index < -0.39 is 5.97 Å². The molecule has 1 aromatic carbocycles. The molecular weight excluding hydrogens is 367 g/mol. The number of carboxylic acids is 1. The molecule has 2 amide bonds. The maximum absolute atomic E-state index is 12.7. The Morgan fingerprint density at radius 2 is 2.04 bits per heavy atom. The van der Waals surface area contributed by atoms with Crippen LogP contribution in [0.25, 0.3) is 0 Å². The first kappa shape index (κ1) is 19.8. The average molecular weight is 389 g/mol. The van der Waals surface area contributed by atoms with Crippen molar-refractivity contribution >= 4 is 35.2 Å². The molecule has 0 saturated carbocycles. The maximum Gasteiger partial charge on any atom is 0.320 e. The topological polar surface area (TPSA) is 70.1 Å². The van der Waals surface area contributed by atoms with Gasteiger partial charge < -0.3 is 19.6 Å². The van der Waals surface area contributed by atoms with E-state index in [1.807, 2.05) is 6.92 Å². The number of aliphatic carboxylic acids is 1. The Bertz CT molecular complexity index is 627. The van der Waals surface area contributed by atoms with Crippen molar-refractivity contribution in [2.75, 3.05) is 32.8 Å². The second-order valence-electron chi connectivity index (χ2n) is 6.01. The SMILES string of the molecule is CCOCCN1CC(CC(=O)O)CN(Cc2ccc(Cl)cc2Cl)C1=O. The van der Waals surface area contributed by atoms with Gasteiger partial charge in [-0.25, -0.2) is 4.79 Å². The van der Waals surface area contributed by atoms with Gasteiger partial charge in [0.15, 0.2) is 0 Å². The van der Waals surface area contributed by atoms with Gasteiger partial charge in [0.25, 0.3) is 0 Å². The molecule has 0 bridgehead atoms. The van der Waals surface area contributed by atoms with Crippen LogP contribution < -0.4 is 0 Å². The van der Waals surface area contributed by atoms with E-state index in [4.69, 9.17) is 33.0 Å². The van der Waals surface area contributed by atoms with Crippen molar-refractivity contribution in [1.29, 1.82) is 0 Å². The monoisotopic (exact) mass is 388 g/mol. The molecule has 1 aliphatic heterocycles. The standard InChI is InChI=1S/C17H22Cl2N2O4/c1-2-25-6-5-20-9-12(7-16(22)23)10-21(17(20)24)11-13-3-4-14(18)8-15(13)19/h3-4,8,12H,2,5-7,9-11H2,1H3,(H,22,23). The average Bonchev–Trinajstić information content (AvgIpc) is 2.53. The highest BCUT2D eigenvalue weighted by atomic mass is 35.5. The van der Waals surface area contributed by atoms with Gasteiger partial charge in [-0.3, -0.25) is 4.79 Å². The number of carboxylic acid groups (broad SMARTS) is 1. The Morgan fingerprint density at radius 1 is 1.32 bits per heavy atom. The summed E-state index contributed by atoms with van der Waals surface area (Å²) < 4.78 is 5.32. The Hall–Kier alpha value is -1.50. The zero-order valence-electron chi connectivity index (χ0n) is 14.1. The van der Waals surface area contributed by atoms with E-state index in [9.17, 15) is 9.59 Å². The lowest BCUT2D eigenvalue weighted by Crippen LogP contribution is -2.54. The summed E-state index contributed by atoms with van der Waals surface area (Å²) in [5.41, 5.74) is 0.778. The van der Waals surface area contributed by atoms with Crippen LogP contribution in [0.3, 0.4) is 0 Å². The van der Waals surface area contributed by atoms with Crippen LogP contribution in [0.4, 0.5) is 4.79 Å². The number of benzene rings is 1. The molecule has 8 heteroatoms. The van der Waals surface area contributed by atoms with Crippen molar-refractivity contribution in [1.82, 2.24) is 9.80 Å². The lowest BCUT2D eigenvalue weighted by atomic mass is 10.0. The molecule has 1 unspecified atom stereocenters. The molecule has 1 N–H and O–H groups in total. The molecule has 1 heterocycles. The molecule has 1 saturated heterocycles. The van der Waals surface area contributed by atoms with Gasteiger partial charge in [-0.1, -0.05) is 29.3 Å². The Morgan fingerprint density at radius 3 is 2.68 bits per heavy atom. The van der Waals surface area contributed by atoms with Gasteiger partial charge in [0, 0.05) is 48.7 Å². The zero-order chi connectivity index (χ0) is 18.4. The van der Waals surface area contributed by atoms with Crippen molar-refractivity contribution in [2.45, 2.75) is 19.9 Å². The van der Waals surface area contributed by atoms with E-state index in [-0.39, 0.29) is 18.4 Å². The lowest BCUT2D eigenvalue weighted by Gasteiger charge is -2.40. The van der Waals surface area contributed by atoms with Gasteiger partial charge in [-0.05, 0) is 24.6 Å². The van der Waals surface area contributed by atoms with Crippen molar-refractivity contribution < 1.29 is 19.4 Å². The van der Waals surface area contributed by atoms with Crippen molar-refractivity contribution in [3.05, 3.63) is 33.8 Å². The van der Waals surface area contributed by atoms with Gasteiger partial charge in [0.2, 0.25) is 0 Å². The first-order valence-corrected chi connectivity index (χ1v) is 8.93. The van der Waals surface area contributed by atoms with E-state index in [0.29, 0.717) is 49.4 Å². The number of hydrogen-bond donors (Lipinski definition) is 1. The number of amides is 2. The van der Waals surface area contributed by atoms with E-state index in [1.54, 1.807) is 28.0 Å². The highest BCUT2D eigenvalue weighted by Gasteiger charge is 2.32. The van der Waals surface area contributed by atoms with Crippen LogP contribution in [0.5, 0.6) is 0 Å². The number of ether oxygens (including phenoxy) is 1. The van der Waals surface area contributed by atoms with E-state index in [1.165, 1.54) is 0 Å². The van der Waals surface area contributed by atoms with E-state index in [2.05, 4.69) is 0 Å². The summed E-state index contributed by atoms with van der Waals surface area (Å²) in [6.45, 7) is 4.45. The number of urea groups is 1. The summed E-state index contributed by atoms with van der Waals surface area (Å²) >= 11 is 12.1. The molecule has 0 radical (unpaired) electrons. The van der Waals surface area contributed by atoms with Gasteiger partial charge >= 0.3 is 12.0 Å². The summed E-state index contributed by atoms with van der Waals surface area (Å²) in [7, 11) is 0. The Balaban J connectivity index is 2.12. The first-order valence-electron chi connectivity index (χ1n) is 8.18. The summed E-state index contributed by atoms with van der Waals surface area (Å²) in [5, 5.41) is 10.1. The van der Waals surface area contributed by atoms with Crippen LogP contribution in [0.1, 0.15) is 18.9 Å². The second-order valence-corrected chi connectivity index (χ2v) is 6.85. The molecule has 0 aliphatic carbocycles. The van der Waals surface area contributed by atoms with Crippen LogP contribution in [-0.2, 0) is 16.1 Å². The predicted octanol–water partition coefficient (Wildman–Crippen LogP) is 3.36. The van der Waals surface area contributed by atoms with Crippen LogP contribution in [-0.4, -0.2) is 59.8 Å². The predicted molar refractivity (Wildman–Crippen MR) is 96.1 cm³/mol. The fourth-order valence-electron chi connectivity index (χ4n) is 2.91. The third kappa shape index (κ3) is 5.76. The lowest BCUT2D eigenvalue weighted by molar-refractivity contribution is -0.138. The number of hydrogen-bond acceptors (Lipinski definition) is 3. The second kappa shape index (κ2) is 9.27. The van der Waals surface area contributed by atoms with Gasteiger partial charge in [0.1, 0.15) is 0 Å². The van der Waals surface area contributed by atoms with Gasteiger partial charge in [-0.15, -0.1) is 0 Å². The number of nitrogens with zero attached hydrogens (tertiary/aromatic N) is 2. The minimum Gasteiger partial charge on any atom is -0.481 e. The number of carbonyl (C=O) groups is 2. The van der Waals surface area contributed by atoms with Crippen molar-refractivity contribution in [3.8, 4) is 0 Å². The molecule has 1 aromatic rings. The highest BCUT2D eigenvalue weighted by Crippen LogP contribution is 2.25. The molecule has 1 atom stereocenters. The third-order valence-electron chi connectivity index (χ3n) is 4.05. The third-order valence-corrected chi connectivity index (χ3v) is 4.63. The molecular formula is C17H22Cl2N2O4. The zero-order valence-corrected chi connectivity index (χ0v) is 15.6. The summed E-state index contributed by atoms with van der Waals surface area (Å²) in [6.07, 6.45) is 0.0171. The van der Waals surface area contributed by atoms with Gasteiger partial charge in [-0.2, -0.15) is 0 Å². The highest BCUT2D eigenvalue weighted by molar-refractivity contribution is 6.35. The summed E-state index contributed by atoms with van der Waals surface area (Å²) in [6, 6.07) is 5.00. The van der Waals surface area contributed by atoms with Crippen LogP contribution in [0, 0.1) is 5.92 Å².